The quantitative estimate of drug-likeness (QED) is 0.518. The van der Waals surface area contributed by atoms with Crippen molar-refractivity contribution < 1.29 is 28.9 Å². The van der Waals surface area contributed by atoms with Gasteiger partial charge in [-0.3, -0.25) is 0 Å². The van der Waals surface area contributed by atoms with E-state index in [0.717, 1.165) is 42.6 Å². The number of rotatable bonds is 10. The van der Waals surface area contributed by atoms with Gasteiger partial charge in [0, 0.05) is 0 Å². The molecule has 6 nitrogen and oxygen atoms in total. The van der Waals surface area contributed by atoms with Crippen LogP contribution in [0.1, 0.15) is 71.5 Å². The molecule has 2 aromatic carbocycles. The molecule has 6 heteroatoms. The molecule has 0 aromatic heterocycles. The lowest BCUT2D eigenvalue weighted by Crippen LogP contribution is -2.32. The number of methoxy groups -OCH3 is 2. The van der Waals surface area contributed by atoms with Gasteiger partial charge in [-0.05, 0) is 66.0 Å². The Balaban J connectivity index is 2.04. The minimum absolute atomic E-state index is 0.202. The number of aryl methyl sites for hydroxylation is 3. The molecule has 180 valence electrons. The first-order valence-electron chi connectivity index (χ1n) is 11.3. The number of esters is 2. The van der Waals surface area contributed by atoms with Crippen LogP contribution in [0.5, 0.6) is 5.75 Å². The van der Waals surface area contributed by atoms with E-state index in [2.05, 4.69) is 19.1 Å². The number of aliphatic hydroxyl groups excluding tert-OH is 1. The third-order valence-corrected chi connectivity index (χ3v) is 5.73. The van der Waals surface area contributed by atoms with Crippen LogP contribution in [0.3, 0.4) is 0 Å². The summed E-state index contributed by atoms with van der Waals surface area (Å²) in [7, 11) is 2.57. The summed E-state index contributed by atoms with van der Waals surface area (Å²) >= 11 is 0. The van der Waals surface area contributed by atoms with E-state index in [-0.39, 0.29) is 23.1 Å². The molecule has 1 N–H and O–H groups in total. The van der Waals surface area contributed by atoms with Crippen molar-refractivity contribution in [3.8, 4) is 5.75 Å². The summed E-state index contributed by atoms with van der Waals surface area (Å²) in [6, 6.07) is 11.3. The van der Waals surface area contributed by atoms with E-state index >= 15 is 0 Å². The third kappa shape index (κ3) is 7.32. The largest absolute Gasteiger partial charge is 0.491 e. The van der Waals surface area contributed by atoms with E-state index in [1.165, 1.54) is 19.8 Å². The van der Waals surface area contributed by atoms with Crippen molar-refractivity contribution in [3.63, 3.8) is 0 Å². The van der Waals surface area contributed by atoms with E-state index in [1.54, 1.807) is 12.1 Å². The van der Waals surface area contributed by atoms with Crippen molar-refractivity contribution in [2.24, 2.45) is 5.41 Å². The molecule has 0 saturated heterocycles. The predicted molar refractivity (Wildman–Crippen MR) is 128 cm³/mol. The van der Waals surface area contributed by atoms with Crippen LogP contribution in [0.4, 0.5) is 0 Å². The molecule has 33 heavy (non-hydrogen) atoms. The summed E-state index contributed by atoms with van der Waals surface area (Å²) in [5, 5.41) is 10.2. The summed E-state index contributed by atoms with van der Waals surface area (Å²) in [4.78, 5) is 24.0. The second-order valence-corrected chi connectivity index (χ2v) is 9.21. The molecule has 2 rings (SSSR count). The first kappa shape index (κ1) is 26.4. The van der Waals surface area contributed by atoms with Gasteiger partial charge in [-0.25, -0.2) is 9.59 Å². The molecular weight excluding hydrogens is 420 g/mol. The molecule has 0 radical (unpaired) electrons. The van der Waals surface area contributed by atoms with Crippen LogP contribution in [-0.4, -0.2) is 44.0 Å². The third-order valence-electron chi connectivity index (χ3n) is 5.73. The van der Waals surface area contributed by atoms with Gasteiger partial charge in [0.1, 0.15) is 12.4 Å². The zero-order valence-electron chi connectivity index (χ0n) is 20.6. The SMILES string of the molecule is CCc1cc(CCCc2ccc(C(=O)OC)c(C(=O)OC)c2)ccc1OCC(O)C(C)(C)C. The van der Waals surface area contributed by atoms with Gasteiger partial charge in [0.25, 0.3) is 0 Å². The van der Waals surface area contributed by atoms with Gasteiger partial charge >= 0.3 is 11.9 Å². The fourth-order valence-electron chi connectivity index (χ4n) is 3.43. The molecule has 2 aromatic rings. The maximum atomic E-state index is 12.1. The molecule has 0 aliphatic carbocycles. The summed E-state index contributed by atoms with van der Waals surface area (Å²) in [6.07, 6.45) is 2.80. The van der Waals surface area contributed by atoms with Crippen LogP contribution in [0.2, 0.25) is 0 Å². The van der Waals surface area contributed by atoms with Crippen LogP contribution in [0, 0.1) is 5.41 Å². The van der Waals surface area contributed by atoms with E-state index in [0.29, 0.717) is 0 Å². The lowest BCUT2D eigenvalue weighted by atomic mass is 9.90. The highest BCUT2D eigenvalue weighted by Gasteiger charge is 2.23. The van der Waals surface area contributed by atoms with Gasteiger partial charge in [0.05, 0.1) is 31.5 Å². The van der Waals surface area contributed by atoms with Gasteiger partial charge < -0.3 is 19.3 Å². The van der Waals surface area contributed by atoms with Crippen molar-refractivity contribution in [1.29, 1.82) is 0 Å². The molecule has 0 fully saturated rings. The van der Waals surface area contributed by atoms with Crippen molar-refractivity contribution in [1.82, 2.24) is 0 Å². The fraction of sp³-hybridized carbons (Fsp3) is 0.481. The number of hydrogen-bond donors (Lipinski definition) is 1. The topological polar surface area (TPSA) is 82.1 Å². The van der Waals surface area contributed by atoms with Gasteiger partial charge in [0.15, 0.2) is 0 Å². The highest BCUT2D eigenvalue weighted by molar-refractivity contribution is 6.03. The standard InChI is InChI=1S/C27H36O6/c1-7-20-15-18(12-14-23(20)33-17-24(28)27(2,3)4)9-8-10-19-11-13-21(25(29)31-5)22(16-19)26(30)32-6/h11-16,24,28H,7-10,17H2,1-6H3. The first-order chi connectivity index (χ1) is 15.6. The van der Waals surface area contributed by atoms with Crippen LogP contribution in [-0.2, 0) is 28.7 Å². The molecule has 1 unspecified atom stereocenters. The minimum Gasteiger partial charge on any atom is -0.491 e. The maximum absolute atomic E-state index is 12.1. The van der Waals surface area contributed by atoms with Crippen molar-refractivity contribution in [2.45, 2.75) is 59.5 Å². The highest BCUT2D eigenvalue weighted by Crippen LogP contribution is 2.25. The van der Waals surface area contributed by atoms with Gasteiger partial charge in [-0.15, -0.1) is 0 Å². The number of carbonyl (C=O) groups is 2. The zero-order valence-corrected chi connectivity index (χ0v) is 20.6. The molecule has 1 atom stereocenters. The summed E-state index contributed by atoms with van der Waals surface area (Å²) in [5.41, 5.74) is 3.46. The molecule has 0 saturated carbocycles. The van der Waals surface area contributed by atoms with Crippen molar-refractivity contribution in [2.75, 3.05) is 20.8 Å². The number of hydrogen-bond acceptors (Lipinski definition) is 6. The summed E-state index contributed by atoms with van der Waals surface area (Å²) in [6.45, 7) is 8.31. The second kappa shape index (κ2) is 11.8. The van der Waals surface area contributed by atoms with E-state index in [9.17, 15) is 14.7 Å². The normalized spacial score (nSPS) is 12.2. The maximum Gasteiger partial charge on any atom is 0.338 e. The van der Waals surface area contributed by atoms with Gasteiger partial charge in [0.2, 0.25) is 0 Å². The Morgan fingerprint density at radius 3 is 2.06 bits per heavy atom. The van der Waals surface area contributed by atoms with Crippen LogP contribution in [0.15, 0.2) is 36.4 Å². The number of benzene rings is 2. The highest BCUT2D eigenvalue weighted by atomic mass is 16.5. The Kier molecular flexibility index (Phi) is 9.47. The molecule has 0 heterocycles. The molecular formula is C27H36O6. The summed E-state index contributed by atoms with van der Waals surface area (Å²) < 4.78 is 15.5. The molecule has 0 aliphatic heterocycles. The Hall–Kier alpha value is -2.86. The van der Waals surface area contributed by atoms with Crippen LogP contribution < -0.4 is 4.74 Å². The Morgan fingerprint density at radius 1 is 0.909 bits per heavy atom. The average molecular weight is 457 g/mol. The van der Waals surface area contributed by atoms with Crippen LogP contribution in [0.25, 0.3) is 0 Å². The molecule has 0 aliphatic rings. The average Bonchev–Trinajstić information content (AvgIpc) is 2.81. The number of ether oxygens (including phenoxy) is 3. The van der Waals surface area contributed by atoms with Crippen LogP contribution >= 0.6 is 0 Å². The Bertz CT molecular complexity index is 958. The lowest BCUT2D eigenvalue weighted by Gasteiger charge is -2.26. The summed E-state index contributed by atoms with van der Waals surface area (Å²) in [5.74, 6) is -0.311. The smallest absolute Gasteiger partial charge is 0.338 e. The number of carbonyl (C=O) groups excluding carboxylic acids is 2. The molecule has 0 amide bonds. The Morgan fingerprint density at radius 2 is 1.48 bits per heavy atom. The van der Waals surface area contributed by atoms with Crippen molar-refractivity contribution >= 4 is 11.9 Å². The van der Waals surface area contributed by atoms with E-state index in [1.807, 2.05) is 32.9 Å². The van der Waals surface area contributed by atoms with Gasteiger partial charge in [-0.2, -0.15) is 0 Å². The first-order valence-corrected chi connectivity index (χ1v) is 11.3. The number of aliphatic hydroxyl groups is 1. The molecule has 0 spiro atoms. The zero-order chi connectivity index (χ0) is 24.6. The monoisotopic (exact) mass is 456 g/mol. The van der Waals surface area contributed by atoms with Gasteiger partial charge in [-0.1, -0.05) is 45.9 Å². The Labute approximate surface area is 196 Å². The van der Waals surface area contributed by atoms with E-state index < -0.39 is 18.0 Å². The molecule has 0 bridgehead atoms. The lowest BCUT2D eigenvalue weighted by molar-refractivity contribution is 0.0215. The fourth-order valence-corrected chi connectivity index (χ4v) is 3.43. The van der Waals surface area contributed by atoms with E-state index in [4.69, 9.17) is 14.2 Å². The minimum atomic E-state index is -0.564. The predicted octanol–water partition coefficient (Wildman–Crippen LogP) is 4.78. The van der Waals surface area contributed by atoms with Crippen molar-refractivity contribution in [3.05, 3.63) is 64.2 Å². The second-order valence-electron chi connectivity index (χ2n) is 9.21.